The number of aromatic nitrogens is 1. The van der Waals surface area contributed by atoms with Crippen molar-refractivity contribution in [3.63, 3.8) is 0 Å². The van der Waals surface area contributed by atoms with E-state index in [1.165, 1.54) is 29.3 Å². The Morgan fingerprint density at radius 1 is 1.16 bits per heavy atom. The summed E-state index contributed by atoms with van der Waals surface area (Å²) in [4.78, 5) is 39.8. The maximum atomic E-state index is 13.8. The van der Waals surface area contributed by atoms with Gasteiger partial charge in [-0.05, 0) is 24.6 Å². The molecule has 3 rings (SSSR count). The number of rotatable bonds is 7. The maximum Gasteiger partial charge on any atom is 0.270 e. The summed E-state index contributed by atoms with van der Waals surface area (Å²) in [5, 5.41) is 13.5. The Morgan fingerprint density at radius 3 is 2.58 bits per heavy atom. The highest BCUT2D eigenvalue weighted by molar-refractivity contribution is 6.08. The lowest BCUT2D eigenvalue weighted by Gasteiger charge is -2.21. The molecular formula is C20H17F3N4O4. The molecule has 2 aromatic carbocycles. The molecule has 0 aliphatic rings. The summed E-state index contributed by atoms with van der Waals surface area (Å²) in [5.41, 5.74) is -0.136. The molecule has 0 atom stereocenters. The van der Waals surface area contributed by atoms with E-state index in [4.69, 9.17) is 0 Å². The molecule has 2 amide bonds. The Morgan fingerprint density at radius 2 is 1.90 bits per heavy atom. The van der Waals surface area contributed by atoms with Crippen molar-refractivity contribution in [1.82, 2.24) is 9.88 Å². The molecule has 1 aromatic heterocycles. The predicted molar refractivity (Wildman–Crippen MR) is 106 cm³/mol. The van der Waals surface area contributed by atoms with Gasteiger partial charge in [-0.3, -0.25) is 19.7 Å². The number of halogens is 3. The number of hydrogen-bond acceptors (Lipinski definition) is 4. The summed E-state index contributed by atoms with van der Waals surface area (Å²) in [6.07, 6.45) is 1.87. The van der Waals surface area contributed by atoms with Gasteiger partial charge in [0.25, 0.3) is 11.6 Å². The van der Waals surface area contributed by atoms with Gasteiger partial charge in [-0.2, -0.15) is 0 Å². The van der Waals surface area contributed by atoms with E-state index >= 15 is 0 Å². The largest absolute Gasteiger partial charge is 0.360 e. The number of non-ortho nitro benzene ring substituents is 1. The van der Waals surface area contributed by atoms with Gasteiger partial charge in [-0.25, -0.2) is 13.2 Å². The fourth-order valence-corrected chi connectivity index (χ4v) is 3.08. The van der Waals surface area contributed by atoms with Crippen LogP contribution in [0.2, 0.25) is 0 Å². The van der Waals surface area contributed by atoms with E-state index in [1.807, 2.05) is 0 Å². The minimum absolute atomic E-state index is 0.124. The zero-order chi connectivity index (χ0) is 22.7. The van der Waals surface area contributed by atoms with Crippen molar-refractivity contribution in [1.29, 1.82) is 0 Å². The van der Waals surface area contributed by atoms with E-state index in [9.17, 15) is 32.9 Å². The van der Waals surface area contributed by atoms with Crippen molar-refractivity contribution in [2.45, 2.75) is 13.3 Å². The molecule has 0 saturated carbocycles. The van der Waals surface area contributed by atoms with Gasteiger partial charge in [0.1, 0.15) is 6.54 Å². The summed E-state index contributed by atoms with van der Waals surface area (Å²) >= 11 is 0. The topological polar surface area (TPSA) is 108 Å². The lowest BCUT2D eigenvalue weighted by molar-refractivity contribution is -0.384. The molecule has 0 saturated heterocycles. The minimum Gasteiger partial charge on any atom is -0.360 e. The highest BCUT2D eigenvalue weighted by atomic mass is 19.2. The Balaban J connectivity index is 1.83. The summed E-state index contributed by atoms with van der Waals surface area (Å²) in [7, 11) is 0. The molecule has 2 N–H and O–H groups in total. The number of H-pyrrole nitrogens is 1. The van der Waals surface area contributed by atoms with Crippen molar-refractivity contribution in [3.8, 4) is 0 Å². The minimum atomic E-state index is -1.72. The highest BCUT2D eigenvalue weighted by Gasteiger charge is 2.23. The normalized spacial score (nSPS) is 10.8. The fraction of sp³-hybridized carbons (Fsp3) is 0.200. The smallest absolute Gasteiger partial charge is 0.270 e. The van der Waals surface area contributed by atoms with Gasteiger partial charge in [0.15, 0.2) is 17.5 Å². The van der Waals surface area contributed by atoms with Crippen LogP contribution in [0.3, 0.4) is 0 Å². The lowest BCUT2D eigenvalue weighted by Crippen LogP contribution is -2.38. The van der Waals surface area contributed by atoms with Gasteiger partial charge in [0, 0.05) is 35.8 Å². The van der Waals surface area contributed by atoms with E-state index in [1.54, 1.807) is 6.92 Å². The van der Waals surface area contributed by atoms with Crippen molar-refractivity contribution in [2.75, 3.05) is 18.4 Å². The molecule has 162 valence electrons. The first-order chi connectivity index (χ1) is 14.7. The second kappa shape index (κ2) is 8.86. The number of nitrogens with one attached hydrogen (secondary N) is 2. The first-order valence-corrected chi connectivity index (χ1v) is 9.21. The van der Waals surface area contributed by atoms with Crippen LogP contribution in [0.15, 0.2) is 36.5 Å². The number of fused-ring (bicyclic) bond motifs is 1. The first-order valence-electron chi connectivity index (χ1n) is 9.21. The van der Waals surface area contributed by atoms with Gasteiger partial charge < -0.3 is 15.2 Å². The van der Waals surface area contributed by atoms with Gasteiger partial charge in [0.2, 0.25) is 5.91 Å². The second-order valence-electron chi connectivity index (χ2n) is 6.69. The van der Waals surface area contributed by atoms with Crippen LogP contribution in [-0.2, 0) is 4.79 Å². The zero-order valence-corrected chi connectivity index (χ0v) is 16.2. The Labute approximate surface area is 173 Å². The number of nitro benzene ring substituents is 1. The average molecular weight is 434 g/mol. The summed E-state index contributed by atoms with van der Waals surface area (Å²) < 4.78 is 40.2. The van der Waals surface area contributed by atoms with E-state index in [0.717, 1.165) is 6.07 Å². The van der Waals surface area contributed by atoms with E-state index < -0.39 is 46.4 Å². The van der Waals surface area contributed by atoms with Crippen molar-refractivity contribution in [2.24, 2.45) is 0 Å². The van der Waals surface area contributed by atoms with E-state index in [0.29, 0.717) is 23.4 Å². The van der Waals surface area contributed by atoms with Crippen LogP contribution in [-0.4, -0.2) is 39.7 Å². The number of nitrogens with zero attached hydrogens (tertiary/aromatic N) is 2. The van der Waals surface area contributed by atoms with Crippen LogP contribution in [0, 0.1) is 27.6 Å². The highest BCUT2D eigenvalue weighted by Crippen LogP contribution is 2.25. The van der Waals surface area contributed by atoms with Crippen LogP contribution in [0.5, 0.6) is 0 Å². The molecule has 0 aliphatic heterocycles. The number of amides is 2. The van der Waals surface area contributed by atoms with Crippen LogP contribution >= 0.6 is 0 Å². The average Bonchev–Trinajstić information content (AvgIpc) is 3.16. The van der Waals surface area contributed by atoms with Crippen molar-refractivity contribution >= 4 is 34.1 Å². The number of nitro groups is 1. The van der Waals surface area contributed by atoms with Gasteiger partial charge in [0.05, 0.1) is 16.2 Å². The lowest BCUT2D eigenvalue weighted by atomic mass is 10.1. The van der Waals surface area contributed by atoms with E-state index in [2.05, 4.69) is 10.3 Å². The third-order valence-corrected chi connectivity index (χ3v) is 4.53. The molecule has 0 unspecified atom stereocenters. The number of benzene rings is 2. The SMILES string of the molecule is CCCN(CC(=O)Nc1ccc(F)c(F)c1F)C(=O)c1c[nH]c2ccc([N+](=O)[O-])cc12. The quantitative estimate of drug-likeness (QED) is 0.333. The molecule has 0 aliphatic carbocycles. The molecule has 0 spiro atoms. The zero-order valence-electron chi connectivity index (χ0n) is 16.2. The summed E-state index contributed by atoms with van der Waals surface area (Å²) in [6.45, 7) is 1.44. The van der Waals surface area contributed by atoms with Gasteiger partial charge in [-0.15, -0.1) is 0 Å². The Kier molecular flexibility index (Phi) is 6.23. The molecule has 1 heterocycles. The van der Waals surface area contributed by atoms with E-state index in [-0.39, 0.29) is 17.8 Å². The standard InChI is InChI=1S/C20H17F3N4O4/c1-2-7-26(10-17(28)25-16-6-4-14(21)18(22)19(16)23)20(29)13-9-24-15-5-3-11(27(30)31)8-12(13)15/h3-6,8-9,24H,2,7,10H2,1H3,(H,25,28). The molecule has 0 radical (unpaired) electrons. The number of carbonyl (C=O) groups is 2. The second-order valence-corrected chi connectivity index (χ2v) is 6.69. The molecule has 31 heavy (non-hydrogen) atoms. The molecule has 11 heteroatoms. The molecule has 0 fully saturated rings. The van der Waals surface area contributed by atoms with Crippen LogP contribution < -0.4 is 5.32 Å². The van der Waals surface area contributed by atoms with Gasteiger partial charge in [-0.1, -0.05) is 6.92 Å². The first kappa shape index (κ1) is 21.8. The number of carbonyl (C=O) groups excluding carboxylic acids is 2. The van der Waals surface area contributed by atoms with Crippen molar-refractivity contribution < 1.29 is 27.7 Å². The van der Waals surface area contributed by atoms with Crippen LogP contribution in [0.4, 0.5) is 24.5 Å². The Bertz CT molecular complexity index is 1180. The predicted octanol–water partition coefficient (Wildman–Crippen LogP) is 3.98. The Hall–Kier alpha value is -3.89. The maximum absolute atomic E-state index is 13.8. The number of hydrogen-bond donors (Lipinski definition) is 2. The monoisotopic (exact) mass is 434 g/mol. The number of aromatic amines is 1. The third kappa shape index (κ3) is 4.49. The van der Waals surface area contributed by atoms with Crippen LogP contribution in [0.1, 0.15) is 23.7 Å². The summed E-state index contributed by atoms with van der Waals surface area (Å²) in [5.74, 6) is -6.07. The third-order valence-electron chi connectivity index (χ3n) is 4.53. The van der Waals surface area contributed by atoms with Gasteiger partial charge >= 0.3 is 0 Å². The molecule has 8 nitrogen and oxygen atoms in total. The summed E-state index contributed by atoms with van der Waals surface area (Å²) in [6, 6.07) is 5.55. The van der Waals surface area contributed by atoms with Crippen LogP contribution in [0.25, 0.3) is 10.9 Å². The van der Waals surface area contributed by atoms with Crippen molar-refractivity contribution in [3.05, 3.63) is 69.7 Å². The number of anilines is 1. The molecule has 3 aromatic rings. The fourth-order valence-electron chi connectivity index (χ4n) is 3.08. The molecular weight excluding hydrogens is 417 g/mol. The molecule has 0 bridgehead atoms.